The van der Waals surface area contributed by atoms with E-state index in [1.54, 1.807) is 6.07 Å². The number of fused-ring (bicyclic) bond motifs is 1. The molecule has 0 aliphatic rings. The Bertz CT molecular complexity index is 1240. The van der Waals surface area contributed by atoms with Crippen molar-refractivity contribution in [3.05, 3.63) is 105 Å². The highest BCUT2D eigenvalue weighted by Crippen LogP contribution is 2.34. The number of para-hydroxylation sites is 1. The number of hydrogen-bond donors (Lipinski definition) is 1. The Balaban J connectivity index is 1.54. The van der Waals surface area contributed by atoms with Gasteiger partial charge >= 0.3 is 0 Å². The smallest absolute Gasteiger partial charge is 0.220 e. The molecule has 164 valence electrons. The number of carbonyl (C=O) groups excluding carboxylic acids is 1. The van der Waals surface area contributed by atoms with Crippen LogP contribution in [-0.4, -0.2) is 17.0 Å². The molecule has 3 aromatic carbocycles. The van der Waals surface area contributed by atoms with Crippen molar-refractivity contribution in [3.63, 3.8) is 0 Å². The number of halogens is 2. The number of hydrogen-bond acceptors (Lipinski definition) is 1. The SMILES string of the molecule is Cc1ccc([C@@H](CC(=O)NCCc2ccc(Cl)cc2Cl)c2cn(C)c3ccccc23)cc1. The van der Waals surface area contributed by atoms with Gasteiger partial charge in [-0.1, -0.05) is 77.3 Å². The molecule has 0 bridgehead atoms. The molecule has 1 heterocycles. The van der Waals surface area contributed by atoms with Crippen LogP contribution in [0.3, 0.4) is 0 Å². The van der Waals surface area contributed by atoms with Gasteiger partial charge in [0.15, 0.2) is 0 Å². The number of amides is 1. The lowest BCUT2D eigenvalue weighted by molar-refractivity contribution is -0.121. The first-order valence-corrected chi connectivity index (χ1v) is 11.5. The molecule has 0 saturated heterocycles. The normalized spacial score (nSPS) is 12.1. The fourth-order valence-electron chi connectivity index (χ4n) is 4.18. The fraction of sp³-hybridized carbons (Fsp3) is 0.222. The van der Waals surface area contributed by atoms with Gasteiger partial charge in [-0.05, 0) is 48.2 Å². The summed E-state index contributed by atoms with van der Waals surface area (Å²) in [7, 11) is 2.05. The maximum absolute atomic E-state index is 13.0. The summed E-state index contributed by atoms with van der Waals surface area (Å²) in [5, 5.41) is 5.49. The van der Waals surface area contributed by atoms with Crippen molar-refractivity contribution in [2.24, 2.45) is 7.05 Å². The van der Waals surface area contributed by atoms with Crippen LogP contribution in [-0.2, 0) is 18.3 Å². The molecule has 0 saturated carbocycles. The molecule has 4 rings (SSSR count). The third-order valence-corrected chi connectivity index (χ3v) is 6.49. The van der Waals surface area contributed by atoms with Crippen LogP contribution in [0, 0.1) is 6.92 Å². The molecule has 0 fully saturated rings. The zero-order valence-electron chi connectivity index (χ0n) is 18.2. The Morgan fingerprint density at radius 3 is 2.53 bits per heavy atom. The molecule has 5 heteroatoms. The maximum Gasteiger partial charge on any atom is 0.220 e. The van der Waals surface area contributed by atoms with Gasteiger partial charge in [-0.25, -0.2) is 0 Å². The maximum atomic E-state index is 13.0. The average molecular weight is 465 g/mol. The topological polar surface area (TPSA) is 34.0 Å². The number of aryl methyl sites for hydroxylation is 2. The highest BCUT2D eigenvalue weighted by Gasteiger charge is 2.22. The molecule has 0 spiro atoms. The molecule has 1 aromatic heterocycles. The lowest BCUT2D eigenvalue weighted by Gasteiger charge is -2.18. The summed E-state index contributed by atoms with van der Waals surface area (Å²) in [6.07, 6.45) is 3.19. The van der Waals surface area contributed by atoms with Gasteiger partial charge in [0.2, 0.25) is 5.91 Å². The molecular weight excluding hydrogens is 439 g/mol. The predicted octanol–water partition coefficient (Wildman–Crippen LogP) is 6.67. The van der Waals surface area contributed by atoms with Crippen molar-refractivity contribution in [3.8, 4) is 0 Å². The van der Waals surface area contributed by atoms with E-state index >= 15 is 0 Å². The van der Waals surface area contributed by atoms with E-state index in [0.717, 1.165) is 16.6 Å². The molecular formula is C27H26Cl2N2O. The third kappa shape index (κ3) is 5.01. The Labute approximate surface area is 199 Å². The first-order chi connectivity index (χ1) is 15.4. The Morgan fingerprint density at radius 1 is 1.03 bits per heavy atom. The van der Waals surface area contributed by atoms with Crippen LogP contribution in [0.5, 0.6) is 0 Å². The minimum absolute atomic E-state index is 0.0218. The van der Waals surface area contributed by atoms with Crippen LogP contribution in [0.1, 0.15) is 34.6 Å². The van der Waals surface area contributed by atoms with Crippen LogP contribution in [0.25, 0.3) is 10.9 Å². The summed E-state index contributed by atoms with van der Waals surface area (Å²) >= 11 is 12.2. The van der Waals surface area contributed by atoms with Crippen molar-refractivity contribution in [2.45, 2.75) is 25.7 Å². The largest absolute Gasteiger partial charge is 0.356 e. The zero-order chi connectivity index (χ0) is 22.7. The fourth-order valence-corrected chi connectivity index (χ4v) is 4.68. The second-order valence-electron chi connectivity index (χ2n) is 8.22. The lowest BCUT2D eigenvalue weighted by Crippen LogP contribution is -2.27. The first kappa shape index (κ1) is 22.4. The molecule has 1 atom stereocenters. The highest BCUT2D eigenvalue weighted by atomic mass is 35.5. The van der Waals surface area contributed by atoms with Crippen LogP contribution < -0.4 is 5.32 Å². The summed E-state index contributed by atoms with van der Waals surface area (Å²) in [6, 6.07) is 22.3. The monoisotopic (exact) mass is 464 g/mol. The lowest BCUT2D eigenvalue weighted by atomic mass is 9.87. The number of carbonyl (C=O) groups is 1. The zero-order valence-corrected chi connectivity index (χ0v) is 19.8. The van der Waals surface area contributed by atoms with Crippen LogP contribution in [0.4, 0.5) is 0 Å². The van der Waals surface area contributed by atoms with E-state index in [9.17, 15) is 4.79 Å². The molecule has 0 aliphatic heterocycles. The van der Waals surface area contributed by atoms with Gasteiger partial charge < -0.3 is 9.88 Å². The minimum Gasteiger partial charge on any atom is -0.356 e. The van der Waals surface area contributed by atoms with Crippen molar-refractivity contribution in [2.75, 3.05) is 6.54 Å². The summed E-state index contributed by atoms with van der Waals surface area (Å²) in [6.45, 7) is 2.60. The van der Waals surface area contributed by atoms with Crippen LogP contribution in [0.15, 0.2) is 72.9 Å². The Morgan fingerprint density at radius 2 is 1.78 bits per heavy atom. The van der Waals surface area contributed by atoms with Crippen LogP contribution in [0.2, 0.25) is 10.0 Å². The molecule has 32 heavy (non-hydrogen) atoms. The molecule has 0 radical (unpaired) electrons. The van der Waals surface area contributed by atoms with Crippen molar-refractivity contribution < 1.29 is 4.79 Å². The van der Waals surface area contributed by atoms with E-state index < -0.39 is 0 Å². The number of rotatable bonds is 7. The number of aromatic nitrogens is 1. The van der Waals surface area contributed by atoms with E-state index in [0.29, 0.717) is 29.4 Å². The number of benzene rings is 3. The van der Waals surface area contributed by atoms with E-state index in [4.69, 9.17) is 23.2 Å². The summed E-state index contributed by atoms with van der Waals surface area (Å²) in [5.74, 6) is -0.00517. The summed E-state index contributed by atoms with van der Waals surface area (Å²) < 4.78 is 2.13. The average Bonchev–Trinajstić information content (AvgIpc) is 3.11. The highest BCUT2D eigenvalue weighted by molar-refractivity contribution is 6.35. The van der Waals surface area contributed by atoms with Crippen molar-refractivity contribution in [1.82, 2.24) is 9.88 Å². The first-order valence-electron chi connectivity index (χ1n) is 10.7. The standard InChI is InChI=1S/C27H26Cl2N2O/c1-18-7-9-19(10-8-18)23(24-17-31(2)26-6-4-3-5-22(24)26)16-27(32)30-14-13-20-11-12-21(28)15-25(20)29/h3-12,15,17,23H,13-14,16H2,1-2H3,(H,30,32)/t23-/m1/s1. The molecule has 1 N–H and O–H groups in total. The third-order valence-electron chi connectivity index (χ3n) is 5.90. The Hall–Kier alpha value is -2.75. The molecule has 0 unspecified atom stereocenters. The van der Waals surface area contributed by atoms with Crippen molar-refractivity contribution >= 4 is 40.0 Å². The minimum atomic E-state index is -0.0270. The van der Waals surface area contributed by atoms with Crippen LogP contribution >= 0.6 is 23.2 Å². The van der Waals surface area contributed by atoms with E-state index in [-0.39, 0.29) is 11.8 Å². The number of nitrogens with one attached hydrogen (secondary N) is 1. The van der Waals surface area contributed by atoms with E-state index in [1.807, 2.05) is 31.3 Å². The van der Waals surface area contributed by atoms with Gasteiger partial charge in [-0.3, -0.25) is 4.79 Å². The Kier molecular flexibility index (Phi) is 6.88. The van der Waals surface area contributed by atoms with Gasteiger partial charge in [0, 0.05) is 53.1 Å². The molecule has 0 aliphatic carbocycles. The van der Waals surface area contributed by atoms with E-state index in [1.165, 1.54) is 16.5 Å². The second-order valence-corrected chi connectivity index (χ2v) is 9.06. The van der Waals surface area contributed by atoms with Crippen molar-refractivity contribution in [1.29, 1.82) is 0 Å². The summed E-state index contributed by atoms with van der Waals surface area (Å²) in [5.41, 5.74) is 5.65. The van der Waals surface area contributed by atoms with Gasteiger partial charge in [0.1, 0.15) is 0 Å². The van der Waals surface area contributed by atoms with Gasteiger partial charge in [-0.15, -0.1) is 0 Å². The van der Waals surface area contributed by atoms with Gasteiger partial charge in [0.05, 0.1) is 0 Å². The molecule has 4 aromatic rings. The van der Waals surface area contributed by atoms with E-state index in [2.05, 4.69) is 59.4 Å². The van der Waals surface area contributed by atoms with Gasteiger partial charge in [-0.2, -0.15) is 0 Å². The molecule has 1 amide bonds. The predicted molar refractivity (Wildman–Crippen MR) is 134 cm³/mol. The second kappa shape index (κ2) is 9.81. The molecule has 3 nitrogen and oxygen atoms in total. The summed E-state index contributed by atoms with van der Waals surface area (Å²) in [4.78, 5) is 13.0. The number of nitrogens with zero attached hydrogens (tertiary/aromatic N) is 1. The quantitative estimate of drug-likeness (QED) is 0.325. The van der Waals surface area contributed by atoms with Gasteiger partial charge in [0.25, 0.3) is 0 Å².